The zero-order valence-corrected chi connectivity index (χ0v) is 12.9. The first-order chi connectivity index (χ1) is 9.07. The molecule has 1 saturated heterocycles. The Morgan fingerprint density at radius 1 is 1.37 bits per heavy atom. The molecule has 1 amide bonds. The van der Waals surface area contributed by atoms with Crippen molar-refractivity contribution < 1.29 is 4.79 Å². The Kier molecular flexibility index (Phi) is 6.80. The second-order valence-corrected chi connectivity index (χ2v) is 6.06. The van der Waals surface area contributed by atoms with Crippen LogP contribution < -0.4 is 11.1 Å². The number of rotatable bonds is 7. The van der Waals surface area contributed by atoms with Gasteiger partial charge in [-0.3, -0.25) is 4.79 Å². The number of nitrogens with one attached hydrogen (secondary N) is 1. The van der Waals surface area contributed by atoms with Crippen LogP contribution in [0.25, 0.3) is 0 Å². The molecule has 112 valence electrons. The first-order valence-electron chi connectivity index (χ1n) is 7.77. The monoisotopic (exact) mass is 269 g/mol. The van der Waals surface area contributed by atoms with Crippen LogP contribution >= 0.6 is 0 Å². The third kappa shape index (κ3) is 4.46. The van der Waals surface area contributed by atoms with Crippen molar-refractivity contribution in [3.05, 3.63) is 0 Å². The first-order valence-corrected chi connectivity index (χ1v) is 7.77. The van der Waals surface area contributed by atoms with Crippen molar-refractivity contribution in [1.29, 1.82) is 0 Å². The number of carbonyl (C=O) groups excluding carboxylic acids is 1. The van der Waals surface area contributed by atoms with E-state index in [1.54, 1.807) is 0 Å². The SMILES string of the molecule is CCCC(CN)(CCC)C(=O)NC1CCCN(C)C1. The maximum absolute atomic E-state index is 12.6. The first kappa shape index (κ1) is 16.4. The number of likely N-dealkylation sites (tertiary alicyclic amines) is 1. The lowest BCUT2D eigenvalue weighted by molar-refractivity contribution is -0.132. The quantitative estimate of drug-likeness (QED) is 0.740. The molecule has 0 aromatic carbocycles. The summed E-state index contributed by atoms with van der Waals surface area (Å²) in [5, 5.41) is 3.25. The fraction of sp³-hybridized carbons (Fsp3) is 0.933. The van der Waals surface area contributed by atoms with Crippen molar-refractivity contribution in [3.63, 3.8) is 0 Å². The molecule has 1 unspecified atom stereocenters. The van der Waals surface area contributed by atoms with Crippen molar-refractivity contribution in [2.45, 2.75) is 58.4 Å². The molecule has 1 fully saturated rings. The van der Waals surface area contributed by atoms with Gasteiger partial charge in [0.15, 0.2) is 0 Å². The number of piperidine rings is 1. The molecule has 0 aromatic rings. The summed E-state index contributed by atoms with van der Waals surface area (Å²) in [4.78, 5) is 14.9. The van der Waals surface area contributed by atoms with E-state index < -0.39 is 0 Å². The summed E-state index contributed by atoms with van der Waals surface area (Å²) in [5.74, 6) is 0.180. The second kappa shape index (κ2) is 7.85. The molecule has 1 aliphatic rings. The molecule has 1 atom stereocenters. The molecule has 4 heteroatoms. The number of nitrogens with zero attached hydrogens (tertiary/aromatic N) is 1. The lowest BCUT2D eigenvalue weighted by Crippen LogP contribution is -2.53. The third-order valence-electron chi connectivity index (χ3n) is 4.29. The fourth-order valence-corrected chi connectivity index (χ4v) is 3.23. The molecule has 0 bridgehead atoms. The second-order valence-electron chi connectivity index (χ2n) is 6.06. The van der Waals surface area contributed by atoms with E-state index in [0.29, 0.717) is 12.6 Å². The summed E-state index contributed by atoms with van der Waals surface area (Å²) < 4.78 is 0. The van der Waals surface area contributed by atoms with E-state index in [2.05, 4.69) is 31.1 Å². The topological polar surface area (TPSA) is 58.4 Å². The van der Waals surface area contributed by atoms with Gasteiger partial charge in [-0.05, 0) is 39.3 Å². The van der Waals surface area contributed by atoms with E-state index >= 15 is 0 Å². The lowest BCUT2D eigenvalue weighted by Gasteiger charge is -2.36. The largest absolute Gasteiger partial charge is 0.352 e. The standard InChI is InChI=1S/C15H31N3O/c1-4-8-15(12-16,9-5-2)14(19)17-13-7-6-10-18(3)11-13/h13H,4-12,16H2,1-3H3,(H,17,19). The Morgan fingerprint density at radius 3 is 2.47 bits per heavy atom. The molecule has 0 radical (unpaired) electrons. The molecule has 1 heterocycles. The maximum Gasteiger partial charge on any atom is 0.227 e. The molecular formula is C15H31N3O. The van der Waals surface area contributed by atoms with Crippen molar-refractivity contribution >= 4 is 5.91 Å². The van der Waals surface area contributed by atoms with E-state index in [1.165, 1.54) is 6.42 Å². The van der Waals surface area contributed by atoms with E-state index in [0.717, 1.165) is 45.2 Å². The summed E-state index contributed by atoms with van der Waals surface area (Å²) in [6.07, 6.45) is 6.06. The van der Waals surface area contributed by atoms with Crippen LogP contribution in [0.3, 0.4) is 0 Å². The van der Waals surface area contributed by atoms with Crippen molar-refractivity contribution in [1.82, 2.24) is 10.2 Å². The molecule has 19 heavy (non-hydrogen) atoms. The van der Waals surface area contributed by atoms with Crippen LogP contribution in [0.2, 0.25) is 0 Å². The number of likely N-dealkylation sites (N-methyl/N-ethyl adjacent to an activating group) is 1. The van der Waals surface area contributed by atoms with Gasteiger partial charge in [0.1, 0.15) is 0 Å². The van der Waals surface area contributed by atoms with E-state index in [9.17, 15) is 4.79 Å². The van der Waals surface area contributed by atoms with E-state index in [4.69, 9.17) is 5.73 Å². The van der Waals surface area contributed by atoms with E-state index in [-0.39, 0.29) is 11.3 Å². The molecule has 3 N–H and O–H groups in total. The summed E-state index contributed by atoms with van der Waals surface area (Å²) in [6.45, 7) is 6.81. The molecule has 1 rings (SSSR count). The number of hydrogen-bond donors (Lipinski definition) is 2. The van der Waals surface area contributed by atoms with Crippen LogP contribution in [0.4, 0.5) is 0 Å². The highest BCUT2D eigenvalue weighted by molar-refractivity contribution is 5.83. The molecule has 0 aliphatic carbocycles. The van der Waals surface area contributed by atoms with Crippen LogP contribution in [0.15, 0.2) is 0 Å². The Labute approximate surface area is 118 Å². The van der Waals surface area contributed by atoms with Gasteiger partial charge in [-0.1, -0.05) is 26.7 Å². The van der Waals surface area contributed by atoms with Crippen molar-refractivity contribution in [3.8, 4) is 0 Å². The van der Waals surface area contributed by atoms with Crippen LogP contribution in [-0.2, 0) is 4.79 Å². The summed E-state index contributed by atoms with van der Waals surface area (Å²) in [6, 6.07) is 0.297. The number of carbonyl (C=O) groups is 1. The van der Waals surface area contributed by atoms with Crippen LogP contribution in [0.1, 0.15) is 52.4 Å². The summed E-state index contributed by atoms with van der Waals surface area (Å²) >= 11 is 0. The van der Waals surface area contributed by atoms with Gasteiger partial charge in [0.2, 0.25) is 5.91 Å². The predicted octanol–water partition coefficient (Wildman–Crippen LogP) is 1.74. The zero-order chi connectivity index (χ0) is 14.3. The predicted molar refractivity (Wildman–Crippen MR) is 80.0 cm³/mol. The van der Waals surface area contributed by atoms with Gasteiger partial charge in [-0.15, -0.1) is 0 Å². The molecule has 1 aliphatic heterocycles. The van der Waals surface area contributed by atoms with Crippen LogP contribution in [-0.4, -0.2) is 43.5 Å². The van der Waals surface area contributed by atoms with Gasteiger partial charge in [0.25, 0.3) is 0 Å². The number of nitrogens with two attached hydrogens (primary N) is 1. The molecule has 0 aromatic heterocycles. The van der Waals surface area contributed by atoms with Gasteiger partial charge in [0, 0.05) is 19.1 Å². The normalized spacial score (nSPS) is 21.4. The average Bonchev–Trinajstić information content (AvgIpc) is 2.38. The van der Waals surface area contributed by atoms with Gasteiger partial charge in [-0.25, -0.2) is 0 Å². The highest BCUT2D eigenvalue weighted by atomic mass is 16.2. The Morgan fingerprint density at radius 2 is 2.00 bits per heavy atom. The Balaban J connectivity index is 2.65. The van der Waals surface area contributed by atoms with Crippen LogP contribution in [0.5, 0.6) is 0 Å². The van der Waals surface area contributed by atoms with E-state index in [1.807, 2.05) is 0 Å². The Bertz CT molecular complexity index is 275. The smallest absolute Gasteiger partial charge is 0.227 e. The van der Waals surface area contributed by atoms with Gasteiger partial charge in [-0.2, -0.15) is 0 Å². The number of hydrogen-bond acceptors (Lipinski definition) is 3. The fourth-order valence-electron chi connectivity index (χ4n) is 3.23. The van der Waals surface area contributed by atoms with Gasteiger partial charge < -0.3 is 16.0 Å². The minimum absolute atomic E-state index is 0.180. The highest BCUT2D eigenvalue weighted by Crippen LogP contribution is 2.29. The lowest BCUT2D eigenvalue weighted by atomic mass is 9.78. The summed E-state index contributed by atoms with van der Waals surface area (Å²) in [5.41, 5.74) is 5.59. The average molecular weight is 269 g/mol. The van der Waals surface area contributed by atoms with Crippen molar-refractivity contribution in [2.24, 2.45) is 11.1 Å². The molecule has 0 saturated carbocycles. The Hall–Kier alpha value is -0.610. The zero-order valence-electron chi connectivity index (χ0n) is 12.9. The maximum atomic E-state index is 12.6. The van der Waals surface area contributed by atoms with Gasteiger partial charge >= 0.3 is 0 Å². The molecule has 0 spiro atoms. The number of amides is 1. The molecular weight excluding hydrogens is 238 g/mol. The van der Waals surface area contributed by atoms with Crippen LogP contribution in [0, 0.1) is 5.41 Å². The highest BCUT2D eigenvalue weighted by Gasteiger charge is 2.36. The minimum Gasteiger partial charge on any atom is -0.352 e. The van der Waals surface area contributed by atoms with Crippen molar-refractivity contribution in [2.75, 3.05) is 26.7 Å². The molecule has 4 nitrogen and oxygen atoms in total. The van der Waals surface area contributed by atoms with Gasteiger partial charge in [0.05, 0.1) is 5.41 Å². The summed E-state index contributed by atoms with van der Waals surface area (Å²) in [7, 11) is 2.12. The third-order valence-corrected chi connectivity index (χ3v) is 4.29. The minimum atomic E-state index is -0.348.